The number of fused-ring (bicyclic) bond motifs is 1. The molecule has 0 aliphatic carbocycles. The second-order valence-corrected chi connectivity index (χ2v) is 5.18. The Balaban J connectivity index is 2.55. The zero-order valence-corrected chi connectivity index (χ0v) is 13.3. The molecule has 0 aliphatic rings. The highest BCUT2D eigenvalue weighted by atomic mass is 19.2. The van der Waals surface area contributed by atoms with E-state index in [1.54, 1.807) is 14.0 Å². The first kappa shape index (κ1) is 17.6. The van der Waals surface area contributed by atoms with Crippen LogP contribution in [-0.4, -0.2) is 37.1 Å². The fourth-order valence-corrected chi connectivity index (χ4v) is 2.19. The average molecular weight is 337 g/mol. The van der Waals surface area contributed by atoms with E-state index in [0.717, 1.165) is 12.1 Å². The van der Waals surface area contributed by atoms with Gasteiger partial charge in [-0.15, -0.1) is 0 Å². The molecule has 2 N–H and O–H groups in total. The molecular weight excluding hydrogens is 320 g/mol. The molecule has 0 saturated heterocycles. The number of carbonyl (C=O) groups excluding carboxylic acids is 2. The Morgan fingerprint density at radius 2 is 1.92 bits per heavy atom. The van der Waals surface area contributed by atoms with Crippen LogP contribution in [0.4, 0.5) is 14.6 Å². The lowest BCUT2D eigenvalue weighted by Gasteiger charge is -2.20. The number of hydrogen-bond acceptors (Lipinski definition) is 5. The number of pyridine rings is 1. The van der Waals surface area contributed by atoms with Crippen molar-refractivity contribution >= 4 is 28.6 Å². The second-order valence-electron chi connectivity index (χ2n) is 5.18. The maximum absolute atomic E-state index is 13.4. The normalized spacial score (nSPS) is 10.7. The third kappa shape index (κ3) is 3.76. The molecule has 0 spiro atoms. The minimum absolute atomic E-state index is 0.0518. The molecule has 0 radical (unpaired) electrons. The van der Waals surface area contributed by atoms with Crippen molar-refractivity contribution in [2.75, 3.05) is 25.1 Å². The number of aromatic nitrogens is 1. The number of halogens is 2. The quantitative estimate of drug-likeness (QED) is 0.815. The van der Waals surface area contributed by atoms with Crippen LogP contribution in [0.25, 0.3) is 10.9 Å². The summed E-state index contributed by atoms with van der Waals surface area (Å²) in [6.45, 7) is 2.01. The molecule has 8 heteroatoms. The molecule has 1 heterocycles. The molecule has 1 aromatic heterocycles. The Morgan fingerprint density at radius 3 is 2.54 bits per heavy atom. The predicted molar refractivity (Wildman–Crippen MR) is 84.7 cm³/mol. The van der Waals surface area contributed by atoms with Gasteiger partial charge in [-0.1, -0.05) is 0 Å². The lowest BCUT2D eigenvalue weighted by atomic mass is 10.1. The monoisotopic (exact) mass is 337 g/mol. The number of nitrogens with two attached hydrogens (primary N) is 1. The summed E-state index contributed by atoms with van der Waals surface area (Å²) >= 11 is 0. The Morgan fingerprint density at radius 1 is 1.25 bits per heavy atom. The Bertz CT molecular complexity index is 796. The number of benzene rings is 1. The highest BCUT2D eigenvalue weighted by Crippen LogP contribution is 2.25. The standard InChI is InChI=1S/C16H17F2N3O3/c1-3-24-16(23)10-6-9-7-11(17)12(18)8-13(9)20-15(10)21(2)5-4-14(19)22/h6-8H,3-5H2,1-2H3,(H2,19,22). The van der Waals surface area contributed by atoms with Crippen LogP contribution >= 0.6 is 0 Å². The van der Waals surface area contributed by atoms with Gasteiger partial charge in [0.15, 0.2) is 11.6 Å². The largest absolute Gasteiger partial charge is 0.462 e. The topological polar surface area (TPSA) is 85.5 Å². The van der Waals surface area contributed by atoms with E-state index in [1.807, 2.05) is 0 Å². The van der Waals surface area contributed by atoms with Crippen LogP contribution in [0.3, 0.4) is 0 Å². The number of anilines is 1. The number of primary amides is 1. The molecule has 0 saturated carbocycles. The predicted octanol–water partition coefficient (Wildman–Crippen LogP) is 2.00. The molecule has 0 aliphatic heterocycles. The Kier molecular flexibility index (Phi) is 5.28. The van der Waals surface area contributed by atoms with E-state index in [-0.39, 0.29) is 41.9 Å². The first-order valence-electron chi connectivity index (χ1n) is 7.29. The van der Waals surface area contributed by atoms with Gasteiger partial charge in [0.05, 0.1) is 12.1 Å². The highest BCUT2D eigenvalue weighted by molar-refractivity contribution is 5.99. The number of rotatable bonds is 6. The molecule has 2 rings (SSSR count). The molecule has 6 nitrogen and oxygen atoms in total. The van der Waals surface area contributed by atoms with Crippen molar-refractivity contribution < 1.29 is 23.1 Å². The fraction of sp³-hybridized carbons (Fsp3) is 0.312. The number of nitrogens with zero attached hydrogens (tertiary/aromatic N) is 2. The first-order valence-corrected chi connectivity index (χ1v) is 7.29. The minimum Gasteiger partial charge on any atom is -0.462 e. The Labute approximate surface area is 137 Å². The number of amides is 1. The molecule has 0 unspecified atom stereocenters. The summed E-state index contributed by atoms with van der Waals surface area (Å²) in [6.07, 6.45) is 0.0518. The number of ether oxygens (including phenoxy) is 1. The smallest absolute Gasteiger partial charge is 0.341 e. The van der Waals surface area contributed by atoms with Gasteiger partial charge in [0.25, 0.3) is 0 Å². The van der Waals surface area contributed by atoms with Crippen LogP contribution < -0.4 is 10.6 Å². The lowest BCUT2D eigenvalue weighted by molar-refractivity contribution is -0.117. The fourth-order valence-electron chi connectivity index (χ4n) is 2.19. The van der Waals surface area contributed by atoms with E-state index in [9.17, 15) is 18.4 Å². The van der Waals surface area contributed by atoms with Crippen LogP contribution in [0.15, 0.2) is 18.2 Å². The summed E-state index contributed by atoms with van der Waals surface area (Å²) in [5, 5.41) is 0.268. The molecule has 0 fully saturated rings. The third-order valence-corrected chi connectivity index (χ3v) is 3.39. The van der Waals surface area contributed by atoms with Crippen molar-refractivity contribution in [2.24, 2.45) is 5.73 Å². The zero-order valence-electron chi connectivity index (χ0n) is 13.3. The molecule has 1 aromatic carbocycles. The van der Waals surface area contributed by atoms with Gasteiger partial charge in [0.1, 0.15) is 11.4 Å². The van der Waals surface area contributed by atoms with Crippen LogP contribution in [0.5, 0.6) is 0 Å². The van der Waals surface area contributed by atoms with E-state index >= 15 is 0 Å². The van der Waals surface area contributed by atoms with E-state index in [1.165, 1.54) is 11.0 Å². The summed E-state index contributed by atoms with van der Waals surface area (Å²) in [5.41, 5.74) is 5.41. The van der Waals surface area contributed by atoms with Gasteiger partial charge >= 0.3 is 5.97 Å². The van der Waals surface area contributed by atoms with Crippen LogP contribution in [0.1, 0.15) is 23.7 Å². The summed E-state index contributed by atoms with van der Waals surface area (Å²) in [5.74, 6) is -3.02. The molecular formula is C16H17F2N3O3. The van der Waals surface area contributed by atoms with Gasteiger partial charge in [-0.2, -0.15) is 0 Å². The molecule has 0 atom stereocenters. The minimum atomic E-state index is -1.04. The summed E-state index contributed by atoms with van der Waals surface area (Å²) in [7, 11) is 1.61. The third-order valence-electron chi connectivity index (χ3n) is 3.39. The number of esters is 1. The molecule has 128 valence electrons. The van der Waals surface area contributed by atoms with E-state index < -0.39 is 23.5 Å². The summed E-state index contributed by atoms with van der Waals surface area (Å²) in [6, 6.07) is 3.30. The van der Waals surface area contributed by atoms with Crippen molar-refractivity contribution in [3.63, 3.8) is 0 Å². The number of carbonyl (C=O) groups is 2. The summed E-state index contributed by atoms with van der Waals surface area (Å²) in [4.78, 5) is 28.9. The molecule has 2 aromatic rings. The first-order chi connectivity index (χ1) is 11.3. The molecule has 0 bridgehead atoms. The SMILES string of the molecule is CCOC(=O)c1cc2cc(F)c(F)cc2nc1N(C)CCC(N)=O. The Hall–Kier alpha value is -2.77. The maximum Gasteiger partial charge on any atom is 0.341 e. The van der Waals surface area contributed by atoms with Gasteiger partial charge in [0, 0.05) is 31.5 Å². The van der Waals surface area contributed by atoms with Crippen LogP contribution in [-0.2, 0) is 9.53 Å². The summed E-state index contributed by atoms with van der Waals surface area (Å²) < 4.78 is 31.8. The highest BCUT2D eigenvalue weighted by Gasteiger charge is 2.20. The number of hydrogen-bond donors (Lipinski definition) is 1. The average Bonchev–Trinajstić information content (AvgIpc) is 2.52. The molecule has 24 heavy (non-hydrogen) atoms. The van der Waals surface area contributed by atoms with Gasteiger partial charge < -0.3 is 15.4 Å². The molecule has 1 amide bonds. The van der Waals surface area contributed by atoms with Gasteiger partial charge in [-0.3, -0.25) is 4.79 Å². The van der Waals surface area contributed by atoms with E-state index in [0.29, 0.717) is 0 Å². The maximum atomic E-state index is 13.4. The van der Waals surface area contributed by atoms with Crippen molar-refractivity contribution in [3.05, 3.63) is 35.4 Å². The van der Waals surface area contributed by atoms with Crippen molar-refractivity contribution in [2.45, 2.75) is 13.3 Å². The van der Waals surface area contributed by atoms with Crippen molar-refractivity contribution in [1.29, 1.82) is 0 Å². The van der Waals surface area contributed by atoms with E-state index in [2.05, 4.69) is 4.98 Å². The van der Waals surface area contributed by atoms with Crippen LogP contribution in [0.2, 0.25) is 0 Å². The van der Waals surface area contributed by atoms with Gasteiger partial charge in [-0.05, 0) is 19.1 Å². The zero-order chi connectivity index (χ0) is 17.9. The lowest BCUT2D eigenvalue weighted by Crippen LogP contribution is -2.27. The van der Waals surface area contributed by atoms with Crippen LogP contribution in [0, 0.1) is 11.6 Å². The van der Waals surface area contributed by atoms with E-state index in [4.69, 9.17) is 10.5 Å². The van der Waals surface area contributed by atoms with Crippen molar-refractivity contribution in [1.82, 2.24) is 4.98 Å². The van der Waals surface area contributed by atoms with Gasteiger partial charge in [-0.25, -0.2) is 18.6 Å². The van der Waals surface area contributed by atoms with Crippen molar-refractivity contribution in [3.8, 4) is 0 Å². The second kappa shape index (κ2) is 7.20. The van der Waals surface area contributed by atoms with Gasteiger partial charge in [0.2, 0.25) is 5.91 Å².